The Morgan fingerprint density at radius 1 is 1.37 bits per heavy atom. The molecule has 0 saturated heterocycles. The van der Waals surface area contributed by atoms with Crippen LogP contribution in [-0.2, 0) is 4.74 Å². The van der Waals surface area contributed by atoms with Gasteiger partial charge in [-0.05, 0) is 42.5 Å². The minimum Gasteiger partial charge on any atom is -0.465 e. The third-order valence-electron chi connectivity index (χ3n) is 3.01. The minimum atomic E-state index is -2.98. The van der Waals surface area contributed by atoms with Crippen LogP contribution in [0.3, 0.4) is 0 Å². The van der Waals surface area contributed by atoms with E-state index in [0.29, 0.717) is 0 Å². The topological polar surface area (TPSA) is 35.5 Å². The van der Waals surface area contributed by atoms with Gasteiger partial charge < -0.3 is 9.47 Å². The predicted octanol–water partition coefficient (Wildman–Crippen LogP) is 3.64. The van der Waals surface area contributed by atoms with Crippen LogP contribution < -0.4 is 4.74 Å². The third-order valence-corrected chi connectivity index (χ3v) is 3.01. The van der Waals surface area contributed by atoms with E-state index in [4.69, 9.17) is 0 Å². The van der Waals surface area contributed by atoms with Gasteiger partial charge >= 0.3 is 12.6 Å². The average Bonchev–Trinajstić information content (AvgIpc) is 2.91. The number of ether oxygens (including phenoxy) is 2. The Labute approximate surface area is 109 Å². The fourth-order valence-corrected chi connectivity index (χ4v) is 2.13. The van der Waals surface area contributed by atoms with Crippen molar-refractivity contribution in [1.82, 2.24) is 0 Å². The first kappa shape index (κ1) is 13.5. The largest absolute Gasteiger partial charge is 0.465 e. The molecule has 5 heteroatoms. The molecule has 0 atom stereocenters. The summed E-state index contributed by atoms with van der Waals surface area (Å²) in [4.78, 5) is 11.5. The number of hydrogen-bond acceptors (Lipinski definition) is 3. The van der Waals surface area contributed by atoms with E-state index in [1.807, 2.05) is 0 Å². The summed E-state index contributed by atoms with van der Waals surface area (Å²) in [7, 11) is 1.20. The summed E-state index contributed by atoms with van der Waals surface area (Å²) in [6, 6.07) is 4.65. The van der Waals surface area contributed by atoms with Gasteiger partial charge in [0.2, 0.25) is 0 Å². The molecular formula is C14H14F2O3. The van der Waals surface area contributed by atoms with Crippen molar-refractivity contribution in [2.45, 2.75) is 25.9 Å². The summed E-state index contributed by atoms with van der Waals surface area (Å²) in [5, 5.41) is 0. The van der Waals surface area contributed by atoms with E-state index in [2.05, 4.69) is 15.5 Å². The van der Waals surface area contributed by atoms with Crippen molar-refractivity contribution in [2.75, 3.05) is 7.11 Å². The van der Waals surface area contributed by atoms with Gasteiger partial charge in [-0.15, -0.1) is 0 Å². The molecule has 0 N–H and O–H groups in total. The molecule has 0 spiro atoms. The van der Waals surface area contributed by atoms with Gasteiger partial charge in [0.15, 0.2) is 0 Å². The lowest BCUT2D eigenvalue weighted by molar-refractivity contribution is -0.0504. The van der Waals surface area contributed by atoms with Gasteiger partial charge in [0, 0.05) is 0 Å². The summed E-state index contributed by atoms with van der Waals surface area (Å²) >= 11 is 0. The van der Waals surface area contributed by atoms with Crippen LogP contribution in [0.5, 0.6) is 5.75 Å². The van der Waals surface area contributed by atoms with Gasteiger partial charge in [-0.1, -0.05) is 12.1 Å². The molecule has 0 unspecified atom stereocenters. The van der Waals surface area contributed by atoms with Crippen molar-refractivity contribution in [3.8, 4) is 5.75 Å². The smallest absolute Gasteiger partial charge is 0.387 e. The Bertz CT molecular complexity index is 509. The van der Waals surface area contributed by atoms with Gasteiger partial charge in [-0.2, -0.15) is 8.78 Å². The fourth-order valence-electron chi connectivity index (χ4n) is 2.13. The molecule has 0 fully saturated rings. The average molecular weight is 268 g/mol. The van der Waals surface area contributed by atoms with E-state index in [1.165, 1.54) is 19.2 Å². The first-order valence-corrected chi connectivity index (χ1v) is 5.98. The maximum atomic E-state index is 12.4. The second-order valence-corrected chi connectivity index (χ2v) is 4.20. The standard InChI is InChI=1S/C14H14F2O3/c1-18-13(17)11-7-6-10(9-4-2-3-5-9)8-12(11)19-14(15)16/h4,6-8,14H,2-3,5H2,1H3. The van der Waals surface area contributed by atoms with E-state index in [0.717, 1.165) is 30.4 Å². The molecule has 1 aliphatic carbocycles. The van der Waals surface area contributed by atoms with Crippen LogP contribution in [0, 0.1) is 0 Å². The molecule has 0 amide bonds. The number of alkyl halides is 2. The van der Waals surface area contributed by atoms with E-state index in [-0.39, 0.29) is 11.3 Å². The van der Waals surface area contributed by atoms with Crippen molar-refractivity contribution in [1.29, 1.82) is 0 Å². The summed E-state index contributed by atoms with van der Waals surface area (Å²) in [6.45, 7) is -2.98. The lowest BCUT2D eigenvalue weighted by Gasteiger charge is -2.11. The Kier molecular flexibility index (Phi) is 4.14. The van der Waals surface area contributed by atoms with Crippen LogP contribution in [-0.4, -0.2) is 19.7 Å². The van der Waals surface area contributed by atoms with Crippen LogP contribution in [0.25, 0.3) is 5.57 Å². The molecule has 0 bridgehead atoms. The highest BCUT2D eigenvalue weighted by atomic mass is 19.3. The van der Waals surface area contributed by atoms with Gasteiger partial charge in [0.05, 0.1) is 7.11 Å². The van der Waals surface area contributed by atoms with Gasteiger partial charge in [-0.3, -0.25) is 0 Å². The number of hydrogen-bond donors (Lipinski definition) is 0. The summed E-state index contributed by atoms with van der Waals surface area (Å²) in [5.74, 6) is -0.838. The molecule has 1 aliphatic rings. The SMILES string of the molecule is COC(=O)c1ccc(C2=CCCC2)cc1OC(F)F. The molecule has 1 aromatic rings. The molecular weight excluding hydrogens is 254 g/mol. The Balaban J connectivity index is 2.37. The van der Waals surface area contributed by atoms with Crippen LogP contribution in [0.1, 0.15) is 35.2 Å². The lowest BCUT2D eigenvalue weighted by Crippen LogP contribution is -2.09. The van der Waals surface area contributed by atoms with Gasteiger partial charge in [0.25, 0.3) is 0 Å². The Morgan fingerprint density at radius 2 is 2.16 bits per heavy atom. The highest BCUT2D eigenvalue weighted by Gasteiger charge is 2.18. The predicted molar refractivity (Wildman–Crippen MR) is 66.2 cm³/mol. The first-order chi connectivity index (χ1) is 9.11. The highest BCUT2D eigenvalue weighted by molar-refractivity contribution is 5.93. The quantitative estimate of drug-likeness (QED) is 0.782. The fraction of sp³-hybridized carbons (Fsp3) is 0.357. The third kappa shape index (κ3) is 3.10. The van der Waals surface area contributed by atoms with Crippen molar-refractivity contribution in [3.05, 3.63) is 35.4 Å². The molecule has 0 heterocycles. The van der Waals surface area contributed by atoms with Crippen LogP contribution in [0.4, 0.5) is 8.78 Å². The molecule has 102 valence electrons. The summed E-state index contributed by atoms with van der Waals surface area (Å²) in [5.41, 5.74) is 1.90. The molecule has 0 saturated carbocycles. The number of carbonyl (C=O) groups is 1. The van der Waals surface area contributed by atoms with Crippen molar-refractivity contribution in [3.63, 3.8) is 0 Å². The summed E-state index contributed by atoms with van der Waals surface area (Å²) < 4.78 is 33.7. The maximum absolute atomic E-state index is 12.4. The number of allylic oxidation sites excluding steroid dienone is 2. The molecule has 19 heavy (non-hydrogen) atoms. The molecule has 2 rings (SSSR count). The molecule has 0 aromatic heterocycles. The van der Waals surface area contributed by atoms with Gasteiger partial charge in [-0.25, -0.2) is 4.79 Å². The molecule has 0 radical (unpaired) electrons. The van der Waals surface area contributed by atoms with Crippen molar-refractivity contribution >= 4 is 11.5 Å². The minimum absolute atomic E-state index is 0.00477. The van der Waals surface area contributed by atoms with E-state index < -0.39 is 12.6 Å². The van der Waals surface area contributed by atoms with E-state index in [9.17, 15) is 13.6 Å². The second-order valence-electron chi connectivity index (χ2n) is 4.20. The molecule has 0 aliphatic heterocycles. The highest BCUT2D eigenvalue weighted by Crippen LogP contribution is 2.32. The van der Waals surface area contributed by atoms with Crippen molar-refractivity contribution < 1.29 is 23.0 Å². The summed E-state index contributed by atoms with van der Waals surface area (Å²) in [6.07, 6.45) is 5.02. The van der Waals surface area contributed by atoms with Crippen LogP contribution in [0.2, 0.25) is 0 Å². The maximum Gasteiger partial charge on any atom is 0.387 e. The number of esters is 1. The molecule has 3 nitrogen and oxygen atoms in total. The first-order valence-electron chi connectivity index (χ1n) is 5.98. The zero-order chi connectivity index (χ0) is 13.8. The second kappa shape index (κ2) is 5.82. The normalized spacial score (nSPS) is 14.4. The monoisotopic (exact) mass is 268 g/mol. The number of methoxy groups -OCH3 is 1. The van der Waals surface area contributed by atoms with E-state index >= 15 is 0 Å². The lowest BCUT2D eigenvalue weighted by atomic mass is 10.0. The van der Waals surface area contributed by atoms with E-state index in [1.54, 1.807) is 6.07 Å². The number of rotatable bonds is 4. The number of benzene rings is 1. The van der Waals surface area contributed by atoms with Crippen molar-refractivity contribution in [2.24, 2.45) is 0 Å². The van der Waals surface area contributed by atoms with Crippen LogP contribution in [0.15, 0.2) is 24.3 Å². The molecule has 1 aromatic carbocycles. The number of halogens is 2. The Hall–Kier alpha value is -1.91. The van der Waals surface area contributed by atoms with Gasteiger partial charge in [0.1, 0.15) is 11.3 Å². The Morgan fingerprint density at radius 3 is 2.74 bits per heavy atom. The number of carbonyl (C=O) groups excluding carboxylic acids is 1. The zero-order valence-electron chi connectivity index (χ0n) is 10.5. The zero-order valence-corrected chi connectivity index (χ0v) is 10.5. The van der Waals surface area contributed by atoms with Crippen LogP contribution >= 0.6 is 0 Å².